The molecule has 0 aliphatic heterocycles. The molecule has 0 heterocycles. The first-order chi connectivity index (χ1) is 12.5. The van der Waals surface area contributed by atoms with E-state index in [2.05, 4.69) is 29.6 Å². The van der Waals surface area contributed by atoms with Crippen LogP contribution >= 0.6 is 11.6 Å². The van der Waals surface area contributed by atoms with Gasteiger partial charge in [-0.15, -0.1) is 11.6 Å². The zero-order valence-electron chi connectivity index (χ0n) is 14.9. The molecule has 4 bridgehead atoms. The van der Waals surface area contributed by atoms with E-state index >= 15 is 0 Å². The monoisotopic (exact) mass is 365 g/mol. The van der Waals surface area contributed by atoms with Crippen molar-refractivity contribution < 1.29 is 4.79 Å². The highest BCUT2D eigenvalue weighted by atomic mass is 35.5. The third kappa shape index (κ3) is 2.75. The number of hydrogen-bond donors (Lipinski definition) is 1. The number of carbonyl (C=O) groups excluding carboxylic acids is 1. The second kappa shape index (κ2) is 5.85. The van der Waals surface area contributed by atoms with E-state index in [4.69, 9.17) is 11.6 Å². The number of anilines is 1. The van der Waals surface area contributed by atoms with Crippen LogP contribution in [0.3, 0.4) is 0 Å². The lowest BCUT2D eigenvalue weighted by molar-refractivity contribution is -0.138. The number of amides is 1. The van der Waals surface area contributed by atoms with E-state index in [1.54, 1.807) is 0 Å². The Morgan fingerprint density at radius 3 is 2.12 bits per heavy atom. The summed E-state index contributed by atoms with van der Waals surface area (Å²) < 4.78 is 0. The molecule has 4 aliphatic rings. The van der Waals surface area contributed by atoms with E-state index in [0.717, 1.165) is 43.4 Å². The van der Waals surface area contributed by atoms with Crippen LogP contribution in [0, 0.1) is 17.3 Å². The van der Waals surface area contributed by atoms with E-state index in [1.165, 1.54) is 12.0 Å². The van der Waals surface area contributed by atoms with Crippen molar-refractivity contribution in [3.05, 3.63) is 54.6 Å². The van der Waals surface area contributed by atoms with Gasteiger partial charge in [-0.2, -0.15) is 0 Å². The third-order valence-corrected chi connectivity index (χ3v) is 7.16. The lowest BCUT2D eigenvalue weighted by atomic mass is 9.49. The number of nitrogens with one attached hydrogen (secondary N) is 1. The van der Waals surface area contributed by atoms with Gasteiger partial charge in [0.2, 0.25) is 5.91 Å². The largest absolute Gasteiger partial charge is 0.326 e. The lowest BCUT2D eigenvalue weighted by Crippen LogP contribution is -2.57. The molecule has 26 heavy (non-hydrogen) atoms. The van der Waals surface area contributed by atoms with Gasteiger partial charge in [0.1, 0.15) is 0 Å². The van der Waals surface area contributed by atoms with Crippen molar-refractivity contribution in [1.82, 2.24) is 0 Å². The van der Waals surface area contributed by atoms with Crippen molar-refractivity contribution in [2.75, 3.05) is 5.32 Å². The van der Waals surface area contributed by atoms with E-state index < -0.39 is 0 Å². The van der Waals surface area contributed by atoms with Gasteiger partial charge in [-0.05, 0) is 73.6 Å². The summed E-state index contributed by atoms with van der Waals surface area (Å²) in [6, 6.07) is 18.5. The molecule has 0 saturated heterocycles. The molecule has 4 aliphatic carbocycles. The quantitative estimate of drug-likeness (QED) is 0.677. The predicted molar refractivity (Wildman–Crippen MR) is 106 cm³/mol. The van der Waals surface area contributed by atoms with Gasteiger partial charge in [0, 0.05) is 10.6 Å². The number of benzene rings is 2. The molecule has 4 fully saturated rings. The molecule has 2 aromatic carbocycles. The van der Waals surface area contributed by atoms with Gasteiger partial charge in [-0.3, -0.25) is 4.79 Å². The maximum atomic E-state index is 13.2. The summed E-state index contributed by atoms with van der Waals surface area (Å²) in [6.45, 7) is 0. The van der Waals surface area contributed by atoms with Gasteiger partial charge in [0.25, 0.3) is 0 Å². The maximum absolute atomic E-state index is 13.2. The number of alkyl halides is 1. The van der Waals surface area contributed by atoms with Crippen molar-refractivity contribution in [3.63, 3.8) is 0 Å². The Bertz CT molecular complexity index is 815. The molecule has 0 radical (unpaired) electrons. The Morgan fingerprint density at radius 1 is 0.885 bits per heavy atom. The summed E-state index contributed by atoms with van der Waals surface area (Å²) in [6.07, 6.45) is 6.37. The van der Waals surface area contributed by atoms with Crippen LogP contribution in [0.25, 0.3) is 11.1 Å². The molecule has 1 N–H and O–H groups in total. The molecule has 2 nitrogen and oxygen atoms in total. The highest BCUT2D eigenvalue weighted by molar-refractivity contribution is 6.24. The maximum Gasteiger partial charge on any atom is 0.230 e. The fourth-order valence-electron chi connectivity index (χ4n) is 6.06. The van der Waals surface area contributed by atoms with Gasteiger partial charge in [-0.25, -0.2) is 0 Å². The number of rotatable bonds is 3. The standard InChI is InChI=1S/C23H24ClNO/c24-23-13-16-10-17(14-23)12-22(11-16,15-23)21(26)25-20-8-6-19(7-9-20)18-4-2-1-3-5-18/h1-9,16-17H,10-15H2,(H,25,26)/t16-,17+,22?,23?. The summed E-state index contributed by atoms with van der Waals surface area (Å²) in [5.74, 6) is 1.46. The molecule has 2 unspecified atom stereocenters. The van der Waals surface area contributed by atoms with Crippen molar-refractivity contribution in [2.24, 2.45) is 17.3 Å². The first-order valence-corrected chi connectivity index (χ1v) is 10.1. The van der Waals surface area contributed by atoms with Gasteiger partial charge in [-0.1, -0.05) is 42.5 Å². The lowest BCUT2D eigenvalue weighted by Gasteiger charge is -2.59. The topological polar surface area (TPSA) is 29.1 Å². The van der Waals surface area contributed by atoms with Crippen LogP contribution in [-0.4, -0.2) is 10.8 Å². The molecular weight excluding hydrogens is 342 g/mol. The summed E-state index contributed by atoms with van der Waals surface area (Å²) in [5, 5.41) is 3.20. The number of hydrogen-bond acceptors (Lipinski definition) is 1. The first kappa shape index (κ1) is 16.4. The fourth-order valence-corrected chi connectivity index (χ4v) is 6.75. The SMILES string of the molecule is O=C(Nc1ccc(-c2ccccc2)cc1)C12C[C@@H]3C[C@@H](CC(Cl)(C3)C1)C2. The summed E-state index contributed by atoms with van der Waals surface area (Å²) in [5.41, 5.74) is 2.99. The smallest absolute Gasteiger partial charge is 0.230 e. The van der Waals surface area contributed by atoms with E-state index in [9.17, 15) is 4.79 Å². The van der Waals surface area contributed by atoms with Crippen LogP contribution in [0.4, 0.5) is 5.69 Å². The Morgan fingerprint density at radius 2 is 1.50 bits per heavy atom. The van der Waals surface area contributed by atoms with Crippen LogP contribution in [0.2, 0.25) is 0 Å². The highest BCUT2D eigenvalue weighted by Crippen LogP contribution is 2.64. The average molecular weight is 366 g/mol. The van der Waals surface area contributed by atoms with Crippen LogP contribution < -0.4 is 5.32 Å². The van der Waals surface area contributed by atoms with Crippen molar-refractivity contribution in [2.45, 2.75) is 43.4 Å². The Balaban J connectivity index is 1.34. The predicted octanol–water partition coefficient (Wildman–Crippen LogP) is 5.87. The molecule has 1 amide bonds. The van der Waals surface area contributed by atoms with Gasteiger partial charge in [0.15, 0.2) is 0 Å². The van der Waals surface area contributed by atoms with E-state index in [1.807, 2.05) is 30.3 Å². The van der Waals surface area contributed by atoms with E-state index in [-0.39, 0.29) is 16.2 Å². The minimum absolute atomic E-state index is 0.126. The second-order valence-electron chi connectivity index (χ2n) is 8.79. The Kier molecular flexibility index (Phi) is 3.69. The minimum Gasteiger partial charge on any atom is -0.326 e. The molecule has 3 heteroatoms. The normalized spacial score (nSPS) is 34.7. The zero-order valence-corrected chi connectivity index (χ0v) is 15.6. The Hall–Kier alpha value is -1.80. The molecule has 0 spiro atoms. The fraction of sp³-hybridized carbons (Fsp3) is 0.435. The van der Waals surface area contributed by atoms with Crippen LogP contribution in [0.1, 0.15) is 38.5 Å². The summed E-state index contributed by atoms with van der Waals surface area (Å²) in [7, 11) is 0. The van der Waals surface area contributed by atoms with Gasteiger partial charge < -0.3 is 5.32 Å². The van der Waals surface area contributed by atoms with Crippen LogP contribution in [0.5, 0.6) is 0 Å². The second-order valence-corrected chi connectivity index (χ2v) is 9.59. The van der Waals surface area contributed by atoms with Crippen molar-refractivity contribution >= 4 is 23.2 Å². The number of carbonyl (C=O) groups is 1. The summed E-state index contributed by atoms with van der Waals surface area (Å²) >= 11 is 6.88. The average Bonchev–Trinajstić information content (AvgIpc) is 2.61. The van der Waals surface area contributed by atoms with Gasteiger partial charge >= 0.3 is 0 Å². The first-order valence-electron chi connectivity index (χ1n) is 9.70. The van der Waals surface area contributed by atoms with E-state index in [0.29, 0.717) is 11.8 Å². The Labute approximate surface area is 160 Å². The van der Waals surface area contributed by atoms with Crippen molar-refractivity contribution in [3.8, 4) is 11.1 Å². The molecule has 4 saturated carbocycles. The molecule has 134 valence electrons. The summed E-state index contributed by atoms with van der Waals surface area (Å²) in [4.78, 5) is 13.1. The highest BCUT2D eigenvalue weighted by Gasteiger charge is 2.60. The molecule has 0 aromatic heterocycles. The molecule has 4 atom stereocenters. The third-order valence-electron chi connectivity index (χ3n) is 6.72. The molecule has 6 rings (SSSR count). The molecule has 2 aromatic rings. The van der Waals surface area contributed by atoms with Crippen LogP contribution in [-0.2, 0) is 4.79 Å². The minimum atomic E-state index is -0.246. The zero-order chi connectivity index (χ0) is 17.8. The van der Waals surface area contributed by atoms with Crippen LogP contribution in [0.15, 0.2) is 54.6 Å². The molecular formula is C23H24ClNO. The van der Waals surface area contributed by atoms with Gasteiger partial charge in [0.05, 0.1) is 5.41 Å². The van der Waals surface area contributed by atoms with Crippen molar-refractivity contribution in [1.29, 1.82) is 0 Å². The number of halogens is 1.